The van der Waals surface area contributed by atoms with Gasteiger partial charge in [0, 0.05) is 15.7 Å². The molecule has 2 aromatic rings. The van der Waals surface area contributed by atoms with Crippen molar-refractivity contribution in [3.05, 3.63) is 63.3 Å². The highest BCUT2D eigenvalue weighted by Crippen LogP contribution is 2.27. The lowest BCUT2D eigenvalue weighted by Crippen LogP contribution is -2.02. The van der Waals surface area contributed by atoms with E-state index in [1.165, 1.54) is 0 Å². The monoisotopic (exact) mass is 297 g/mol. The van der Waals surface area contributed by atoms with Gasteiger partial charge in [-0.25, -0.2) is 0 Å². The van der Waals surface area contributed by atoms with Gasteiger partial charge in [0.25, 0.3) is 0 Å². The number of hydrogen-bond donors (Lipinski definition) is 1. The van der Waals surface area contributed by atoms with Crippen LogP contribution in [-0.4, -0.2) is 10.1 Å². The number of halogens is 2. The van der Waals surface area contributed by atoms with Crippen molar-refractivity contribution in [3.63, 3.8) is 0 Å². The zero-order chi connectivity index (χ0) is 11.5. The Morgan fingerprint density at radius 3 is 2.75 bits per heavy atom. The number of aliphatic hydroxyl groups is 1. The predicted molar refractivity (Wildman–Crippen MR) is 67.5 cm³/mol. The molecule has 0 spiro atoms. The second-order valence-electron chi connectivity index (χ2n) is 3.33. The molecule has 16 heavy (non-hydrogen) atoms. The van der Waals surface area contributed by atoms with Crippen LogP contribution in [0.25, 0.3) is 0 Å². The highest BCUT2D eigenvalue weighted by atomic mass is 79.9. The van der Waals surface area contributed by atoms with Crippen LogP contribution < -0.4 is 0 Å². The highest BCUT2D eigenvalue weighted by molar-refractivity contribution is 9.10. The van der Waals surface area contributed by atoms with E-state index in [1.54, 1.807) is 30.5 Å². The van der Waals surface area contributed by atoms with Gasteiger partial charge in [-0.15, -0.1) is 0 Å². The lowest BCUT2D eigenvalue weighted by atomic mass is 10.1. The molecule has 1 atom stereocenters. The minimum absolute atomic E-state index is 0.588. The van der Waals surface area contributed by atoms with Crippen molar-refractivity contribution in [2.24, 2.45) is 0 Å². The van der Waals surface area contributed by atoms with E-state index in [0.29, 0.717) is 10.7 Å². The number of pyridine rings is 1. The van der Waals surface area contributed by atoms with Crippen molar-refractivity contribution in [1.29, 1.82) is 0 Å². The molecule has 0 aliphatic rings. The van der Waals surface area contributed by atoms with Crippen molar-refractivity contribution in [3.8, 4) is 0 Å². The quantitative estimate of drug-likeness (QED) is 0.919. The summed E-state index contributed by atoms with van der Waals surface area (Å²) in [6.45, 7) is 0. The molecular formula is C12H9BrClNO. The first kappa shape index (κ1) is 11.6. The van der Waals surface area contributed by atoms with Crippen molar-refractivity contribution in [2.75, 3.05) is 0 Å². The number of rotatable bonds is 2. The Balaban J connectivity index is 2.39. The topological polar surface area (TPSA) is 33.1 Å². The summed E-state index contributed by atoms with van der Waals surface area (Å²) in [5.74, 6) is 0. The summed E-state index contributed by atoms with van der Waals surface area (Å²) in [6.07, 6.45) is 0.877. The molecule has 4 heteroatoms. The van der Waals surface area contributed by atoms with E-state index in [9.17, 15) is 5.11 Å². The summed E-state index contributed by atoms with van der Waals surface area (Å²) >= 11 is 9.23. The third-order valence-corrected chi connectivity index (χ3v) is 3.12. The summed E-state index contributed by atoms with van der Waals surface area (Å²) in [4.78, 5) is 4.14. The van der Waals surface area contributed by atoms with Gasteiger partial charge in [-0.1, -0.05) is 23.7 Å². The highest BCUT2D eigenvalue weighted by Gasteiger charge is 2.14. The van der Waals surface area contributed by atoms with Crippen LogP contribution in [0.2, 0.25) is 5.02 Å². The van der Waals surface area contributed by atoms with Gasteiger partial charge < -0.3 is 5.11 Å². The molecule has 82 valence electrons. The predicted octanol–water partition coefficient (Wildman–Crippen LogP) is 3.58. The van der Waals surface area contributed by atoms with Crippen molar-refractivity contribution < 1.29 is 5.11 Å². The molecule has 0 saturated carbocycles. The zero-order valence-electron chi connectivity index (χ0n) is 8.27. The summed E-state index contributed by atoms with van der Waals surface area (Å²) in [5.41, 5.74) is 1.32. The molecule has 1 N–H and O–H groups in total. The Kier molecular flexibility index (Phi) is 3.59. The minimum Gasteiger partial charge on any atom is -0.382 e. The maximum atomic E-state index is 10.1. The van der Waals surface area contributed by atoms with E-state index in [4.69, 9.17) is 11.6 Å². The summed E-state index contributed by atoms with van der Waals surface area (Å²) in [6, 6.07) is 10.8. The molecule has 1 aromatic carbocycles. The molecule has 2 nitrogen and oxygen atoms in total. The van der Waals surface area contributed by atoms with E-state index in [2.05, 4.69) is 20.9 Å². The average molecular weight is 299 g/mol. The van der Waals surface area contributed by atoms with Crippen LogP contribution in [0.3, 0.4) is 0 Å². The van der Waals surface area contributed by atoms with Crippen LogP contribution in [0.1, 0.15) is 17.4 Å². The van der Waals surface area contributed by atoms with Crippen molar-refractivity contribution in [1.82, 2.24) is 4.98 Å². The van der Waals surface area contributed by atoms with Crippen molar-refractivity contribution >= 4 is 27.5 Å². The van der Waals surface area contributed by atoms with Crippen molar-refractivity contribution in [2.45, 2.75) is 6.10 Å². The molecule has 2 rings (SSSR count). The summed E-state index contributed by atoms with van der Waals surface area (Å²) < 4.78 is 0.780. The standard InChI is InChI=1S/C12H9BrClNO/c13-10-5-2-6-15-11(10)12(16)8-3-1-4-9(14)7-8/h1-7,12,16H. The fourth-order valence-corrected chi connectivity index (χ4v) is 2.10. The number of benzene rings is 1. The number of aromatic nitrogens is 1. The van der Waals surface area contributed by atoms with Crippen LogP contribution in [0.5, 0.6) is 0 Å². The van der Waals surface area contributed by atoms with Crippen LogP contribution in [0.4, 0.5) is 0 Å². The first-order valence-electron chi connectivity index (χ1n) is 4.72. The Hall–Kier alpha value is -0.900. The van der Waals surface area contributed by atoms with Crippen LogP contribution in [0, 0.1) is 0 Å². The molecular weight excluding hydrogens is 289 g/mol. The largest absolute Gasteiger partial charge is 0.382 e. The second-order valence-corrected chi connectivity index (χ2v) is 4.62. The van der Waals surface area contributed by atoms with E-state index in [1.807, 2.05) is 12.1 Å². The lowest BCUT2D eigenvalue weighted by molar-refractivity contribution is 0.214. The fourth-order valence-electron chi connectivity index (χ4n) is 1.43. The lowest BCUT2D eigenvalue weighted by Gasteiger charge is -2.12. The Morgan fingerprint density at radius 1 is 1.25 bits per heavy atom. The number of aliphatic hydroxyl groups excluding tert-OH is 1. The molecule has 1 unspecified atom stereocenters. The molecule has 1 heterocycles. The maximum absolute atomic E-state index is 10.1. The molecule has 0 fully saturated rings. The van der Waals surface area contributed by atoms with Gasteiger partial charge in [0.1, 0.15) is 6.10 Å². The second kappa shape index (κ2) is 4.95. The van der Waals surface area contributed by atoms with Gasteiger partial charge in [-0.3, -0.25) is 4.98 Å². The van der Waals surface area contributed by atoms with Gasteiger partial charge in [0.05, 0.1) is 5.69 Å². The molecule has 0 aliphatic heterocycles. The normalized spacial score (nSPS) is 12.4. The van der Waals surface area contributed by atoms with Crippen LogP contribution in [-0.2, 0) is 0 Å². The summed E-state index contributed by atoms with van der Waals surface area (Å²) in [7, 11) is 0. The van der Waals surface area contributed by atoms with Crippen LogP contribution >= 0.6 is 27.5 Å². The SMILES string of the molecule is OC(c1cccc(Cl)c1)c1ncccc1Br. The minimum atomic E-state index is -0.769. The third-order valence-electron chi connectivity index (χ3n) is 2.21. The Morgan fingerprint density at radius 2 is 2.06 bits per heavy atom. The van der Waals surface area contributed by atoms with E-state index < -0.39 is 6.10 Å². The van der Waals surface area contributed by atoms with Gasteiger partial charge in [-0.2, -0.15) is 0 Å². The van der Waals surface area contributed by atoms with E-state index >= 15 is 0 Å². The third kappa shape index (κ3) is 2.43. The average Bonchev–Trinajstić information content (AvgIpc) is 2.29. The zero-order valence-corrected chi connectivity index (χ0v) is 10.6. The smallest absolute Gasteiger partial charge is 0.122 e. The molecule has 0 bridgehead atoms. The Bertz CT molecular complexity index is 504. The van der Waals surface area contributed by atoms with Gasteiger partial charge in [0.15, 0.2) is 0 Å². The molecule has 0 amide bonds. The van der Waals surface area contributed by atoms with E-state index in [-0.39, 0.29) is 0 Å². The molecule has 1 aromatic heterocycles. The molecule has 0 aliphatic carbocycles. The van der Waals surface area contributed by atoms with Gasteiger partial charge in [-0.05, 0) is 45.8 Å². The molecule has 0 radical (unpaired) electrons. The summed E-state index contributed by atoms with van der Waals surface area (Å²) in [5, 5.41) is 10.7. The number of hydrogen-bond acceptors (Lipinski definition) is 2. The van der Waals surface area contributed by atoms with Gasteiger partial charge >= 0.3 is 0 Å². The van der Waals surface area contributed by atoms with E-state index in [0.717, 1.165) is 10.0 Å². The number of nitrogens with zero attached hydrogens (tertiary/aromatic N) is 1. The molecule has 0 saturated heterocycles. The van der Waals surface area contributed by atoms with Gasteiger partial charge in [0.2, 0.25) is 0 Å². The maximum Gasteiger partial charge on any atom is 0.122 e. The van der Waals surface area contributed by atoms with Crippen LogP contribution in [0.15, 0.2) is 47.1 Å². The first-order chi connectivity index (χ1) is 7.68. The first-order valence-corrected chi connectivity index (χ1v) is 5.89. The Labute approximate surface area is 107 Å². The fraction of sp³-hybridized carbons (Fsp3) is 0.0833.